The van der Waals surface area contributed by atoms with Crippen LogP contribution in [0.5, 0.6) is 0 Å². The molecule has 1 spiro atoms. The van der Waals surface area contributed by atoms with Crippen LogP contribution in [0.2, 0.25) is 0 Å². The molecule has 1 heteroatoms. The zero-order chi connectivity index (χ0) is 8.60. The minimum atomic E-state index is 0.677. The quantitative estimate of drug-likeness (QED) is 0.667. The molecule has 12 heavy (non-hydrogen) atoms. The summed E-state index contributed by atoms with van der Waals surface area (Å²) in [6, 6.07) is 1.55. The fourth-order valence-corrected chi connectivity index (χ4v) is 2.79. The van der Waals surface area contributed by atoms with Crippen LogP contribution in [0.3, 0.4) is 0 Å². The first-order valence-electron chi connectivity index (χ1n) is 5.49. The molecule has 1 nitrogen and oxygen atoms in total. The number of rotatable bonds is 2. The lowest BCUT2D eigenvalue weighted by molar-refractivity contribution is 0.308. The lowest BCUT2D eigenvalue weighted by atomic mass is 9.85. The van der Waals surface area contributed by atoms with Crippen LogP contribution in [-0.4, -0.2) is 12.1 Å². The standard InChI is InChI=1S/C11H21N/c1-9(2)12-10-8-11(10)6-4-3-5-7-11/h9-10,12H,3-8H2,1-2H3. The predicted octanol–water partition coefficient (Wildman–Crippen LogP) is 2.71. The first kappa shape index (κ1) is 8.55. The van der Waals surface area contributed by atoms with Crippen LogP contribution >= 0.6 is 0 Å². The summed E-state index contributed by atoms with van der Waals surface area (Å²) < 4.78 is 0. The minimum Gasteiger partial charge on any atom is -0.311 e. The molecule has 0 heterocycles. The van der Waals surface area contributed by atoms with Gasteiger partial charge in [-0.1, -0.05) is 33.1 Å². The maximum atomic E-state index is 3.68. The van der Waals surface area contributed by atoms with Gasteiger partial charge < -0.3 is 5.32 Å². The van der Waals surface area contributed by atoms with E-state index < -0.39 is 0 Å². The molecule has 0 aromatic heterocycles. The molecule has 70 valence electrons. The Labute approximate surface area is 75.9 Å². The van der Waals surface area contributed by atoms with E-state index in [1.807, 2.05) is 0 Å². The van der Waals surface area contributed by atoms with E-state index in [1.54, 1.807) is 0 Å². The normalized spacial score (nSPS) is 32.8. The Morgan fingerprint density at radius 2 is 1.83 bits per heavy atom. The third-order valence-corrected chi connectivity index (χ3v) is 3.57. The minimum absolute atomic E-state index is 0.677. The molecule has 0 aromatic rings. The van der Waals surface area contributed by atoms with Gasteiger partial charge in [0.05, 0.1) is 0 Å². The molecule has 2 rings (SSSR count). The van der Waals surface area contributed by atoms with Crippen molar-refractivity contribution in [3.8, 4) is 0 Å². The zero-order valence-electron chi connectivity index (χ0n) is 8.40. The summed E-state index contributed by atoms with van der Waals surface area (Å²) >= 11 is 0. The van der Waals surface area contributed by atoms with Crippen LogP contribution in [0.1, 0.15) is 52.4 Å². The van der Waals surface area contributed by atoms with Gasteiger partial charge in [-0.3, -0.25) is 0 Å². The monoisotopic (exact) mass is 167 g/mol. The van der Waals surface area contributed by atoms with E-state index in [0.717, 1.165) is 11.5 Å². The Morgan fingerprint density at radius 1 is 1.17 bits per heavy atom. The Morgan fingerprint density at radius 3 is 2.42 bits per heavy atom. The average molecular weight is 167 g/mol. The lowest BCUT2D eigenvalue weighted by Crippen LogP contribution is -2.30. The smallest absolute Gasteiger partial charge is 0.0132 e. The molecule has 2 aliphatic rings. The molecule has 1 unspecified atom stereocenters. The van der Waals surface area contributed by atoms with Crippen molar-refractivity contribution in [3.63, 3.8) is 0 Å². The van der Waals surface area contributed by atoms with Gasteiger partial charge >= 0.3 is 0 Å². The first-order chi connectivity index (χ1) is 5.73. The van der Waals surface area contributed by atoms with E-state index in [2.05, 4.69) is 19.2 Å². The van der Waals surface area contributed by atoms with Gasteiger partial charge in [0.25, 0.3) is 0 Å². The molecule has 2 aliphatic carbocycles. The third kappa shape index (κ3) is 1.52. The average Bonchev–Trinajstić information content (AvgIpc) is 2.63. The number of nitrogens with one attached hydrogen (secondary N) is 1. The maximum absolute atomic E-state index is 3.68. The lowest BCUT2D eigenvalue weighted by Gasteiger charge is -2.23. The molecule has 0 amide bonds. The number of hydrogen-bond donors (Lipinski definition) is 1. The highest BCUT2D eigenvalue weighted by Crippen LogP contribution is 2.56. The highest BCUT2D eigenvalue weighted by molar-refractivity contribution is 5.08. The van der Waals surface area contributed by atoms with E-state index in [0.29, 0.717) is 6.04 Å². The van der Waals surface area contributed by atoms with Crippen molar-refractivity contribution in [1.29, 1.82) is 0 Å². The molecule has 2 saturated carbocycles. The van der Waals surface area contributed by atoms with Crippen LogP contribution in [-0.2, 0) is 0 Å². The van der Waals surface area contributed by atoms with Crippen LogP contribution in [0, 0.1) is 5.41 Å². The Balaban J connectivity index is 1.83. The fourth-order valence-electron chi connectivity index (χ4n) is 2.79. The van der Waals surface area contributed by atoms with Crippen molar-refractivity contribution in [2.75, 3.05) is 0 Å². The molecule has 0 saturated heterocycles. The van der Waals surface area contributed by atoms with E-state index in [9.17, 15) is 0 Å². The topological polar surface area (TPSA) is 12.0 Å². The molecule has 0 radical (unpaired) electrons. The van der Waals surface area contributed by atoms with Crippen LogP contribution in [0.25, 0.3) is 0 Å². The molecule has 2 fully saturated rings. The molecule has 0 aromatic carbocycles. The van der Waals surface area contributed by atoms with Gasteiger partial charge in [-0.2, -0.15) is 0 Å². The second kappa shape index (κ2) is 3.02. The maximum Gasteiger partial charge on any atom is 0.0132 e. The van der Waals surface area contributed by atoms with Crippen molar-refractivity contribution in [1.82, 2.24) is 5.32 Å². The van der Waals surface area contributed by atoms with Gasteiger partial charge in [-0.25, -0.2) is 0 Å². The van der Waals surface area contributed by atoms with Gasteiger partial charge in [-0.15, -0.1) is 0 Å². The summed E-state index contributed by atoms with van der Waals surface area (Å²) in [7, 11) is 0. The highest BCUT2D eigenvalue weighted by atomic mass is 15.0. The highest BCUT2D eigenvalue weighted by Gasteiger charge is 2.53. The summed E-state index contributed by atoms with van der Waals surface area (Å²) in [6.07, 6.45) is 8.91. The molecule has 0 aliphatic heterocycles. The van der Waals surface area contributed by atoms with E-state index in [4.69, 9.17) is 0 Å². The second-order valence-electron chi connectivity index (χ2n) is 5.00. The Hall–Kier alpha value is -0.0400. The molecule has 1 atom stereocenters. The summed E-state index contributed by atoms with van der Waals surface area (Å²) in [5.74, 6) is 0. The SMILES string of the molecule is CC(C)NC1CC12CCCCC2. The largest absolute Gasteiger partial charge is 0.311 e. The summed E-state index contributed by atoms with van der Waals surface area (Å²) in [5.41, 5.74) is 0.766. The Kier molecular flexibility index (Phi) is 2.16. The second-order valence-corrected chi connectivity index (χ2v) is 5.00. The van der Waals surface area contributed by atoms with Gasteiger partial charge in [0.1, 0.15) is 0 Å². The van der Waals surface area contributed by atoms with Crippen LogP contribution < -0.4 is 5.32 Å². The van der Waals surface area contributed by atoms with E-state index in [-0.39, 0.29) is 0 Å². The van der Waals surface area contributed by atoms with Crippen molar-refractivity contribution in [2.45, 2.75) is 64.5 Å². The van der Waals surface area contributed by atoms with E-state index >= 15 is 0 Å². The molecular weight excluding hydrogens is 146 g/mol. The number of hydrogen-bond acceptors (Lipinski definition) is 1. The van der Waals surface area contributed by atoms with Crippen molar-refractivity contribution in [3.05, 3.63) is 0 Å². The Bertz CT molecular complexity index is 156. The van der Waals surface area contributed by atoms with Crippen LogP contribution in [0.4, 0.5) is 0 Å². The van der Waals surface area contributed by atoms with Gasteiger partial charge in [0.15, 0.2) is 0 Å². The molecule has 1 N–H and O–H groups in total. The first-order valence-corrected chi connectivity index (χ1v) is 5.49. The fraction of sp³-hybridized carbons (Fsp3) is 1.00. The predicted molar refractivity (Wildman–Crippen MR) is 52.2 cm³/mol. The van der Waals surface area contributed by atoms with Gasteiger partial charge in [0, 0.05) is 12.1 Å². The van der Waals surface area contributed by atoms with Crippen molar-refractivity contribution >= 4 is 0 Å². The van der Waals surface area contributed by atoms with Gasteiger partial charge in [-0.05, 0) is 24.7 Å². The summed E-state index contributed by atoms with van der Waals surface area (Å²) in [6.45, 7) is 4.52. The third-order valence-electron chi connectivity index (χ3n) is 3.57. The summed E-state index contributed by atoms with van der Waals surface area (Å²) in [5, 5.41) is 3.68. The molecule has 0 bridgehead atoms. The van der Waals surface area contributed by atoms with Crippen molar-refractivity contribution in [2.24, 2.45) is 5.41 Å². The van der Waals surface area contributed by atoms with E-state index in [1.165, 1.54) is 38.5 Å². The van der Waals surface area contributed by atoms with Gasteiger partial charge in [0.2, 0.25) is 0 Å². The van der Waals surface area contributed by atoms with Crippen molar-refractivity contribution < 1.29 is 0 Å². The van der Waals surface area contributed by atoms with Crippen LogP contribution in [0.15, 0.2) is 0 Å². The molecular formula is C11H21N. The zero-order valence-corrected chi connectivity index (χ0v) is 8.40. The summed E-state index contributed by atoms with van der Waals surface area (Å²) in [4.78, 5) is 0.